The van der Waals surface area contributed by atoms with E-state index in [1.165, 1.54) is 0 Å². The van der Waals surface area contributed by atoms with Gasteiger partial charge in [-0.3, -0.25) is 0 Å². The van der Waals surface area contributed by atoms with Gasteiger partial charge in [-0.1, -0.05) is 23.7 Å². The monoisotopic (exact) mass is 277 g/mol. The number of halogens is 2. The van der Waals surface area contributed by atoms with Crippen molar-refractivity contribution in [3.63, 3.8) is 0 Å². The molecule has 0 fully saturated rings. The average Bonchev–Trinajstić information content (AvgIpc) is 2.31. The summed E-state index contributed by atoms with van der Waals surface area (Å²) in [6, 6.07) is 9.10. The third-order valence-corrected chi connectivity index (χ3v) is 3.56. The molecule has 3 heteroatoms. The molecule has 0 amide bonds. The summed E-state index contributed by atoms with van der Waals surface area (Å²) in [7, 11) is 1.89. The third-order valence-electron chi connectivity index (χ3n) is 3.21. The fourth-order valence-electron chi connectivity index (χ4n) is 2.40. The minimum atomic E-state index is -0.198. The molecular weight excluding hydrogens is 261 g/mol. The molecule has 2 rings (SSSR count). The molecule has 0 bridgehead atoms. The van der Waals surface area contributed by atoms with Crippen LogP contribution in [0.5, 0.6) is 0 Å². The Hall–Kier alpha value is -1.38. The van der Waals surface area contributed by atoms with Gasteiger partial charge in [0.1, 0.15) is 5.82 Å². The molecule has 0 saturated heterocycles. The highest BCUT2D eigenvalue weighted by Crippen LogP contribution is 2.31. The van der Waals surface area contributed by atoms with E-state index >= 15 is 0 Å². The first-order chi connectivity index (χ1) is 9.02. The van der Waals surface area contributed by atoms with E-state index in [1.54, 1.807) is 12.1 Å². The van der Waals surface area contributed by atoms with Crippen LogP contribution in [0.4, 0.5) is 4.39 Å². The van der Waals surface area contributed by atoms with Gasteiger partial charge >= 0.3 is 0 Å². The second kappa shape index (κ2) is 5.72. The minimum Gasteiger partial charge on any atom is -0.316 e. The second-order valence-electron chi connectivity index (χ2n) is 4.75. The number of hydrogen-bond donors (Lipinski definition) is 1. The van der Waals surface area contributed by atoms with Gasteiger partial charge in [0.25, 0.3) is 0 Å². The van der Waals surface area contributed by atoms with E-state index in [4.69, 9.17) is 11.6 Å². The lowest BCUT2D eigenvalue weighted by Gasteiger charge is -2.12. The molecule has 2 aromatic carbocycles. The molecular formula is C16H17ClFN. The summed E-state index contributed by atoms with van der Waals surface area (Å²) >= 11 is 6.28. The van der Waals surface area contributed by atoms with Gasteiger partial charge in [-0.25, -0.2) is 4.39 Å². The van der Waals surface area contributed by atoms with E-state index in [1.807, 2.05) is 39.1 Å². The SMILES string of the molecule is CNCc1ccc(-c2c(C)cc(F)cc2C)cc1Cl. The van der Waals surface area contributed by atoms with Crippen molar-refractivity contribution in [1.82, 2.24) is 5.32 Å². The zero-order chi connectivity index (χ0) is 14.0. The molecule has 0 unspecified atom stereocenters. The van der Waals surface area contributed by atoms with Gasteiger partial charge in [-0.2, -0.15) is 0 Å². The van der Waals surface area contributed by atoms with Crippen LogP contribution in [0.3, 0.4) is 0 Å². The smallest absolute Gasteiger partial charge is 0.123 e. The van der Waals surface area contributed by atoms with Crippen molar-refractivity contribution < 1.29 is 4.39 Å². The van der Waals surface area contributed by atoms with E-state index in [9.17, 15) is 4.39 Å². The van der Waals surface area contributed by atoms with Gasteiger partial charge in [-0.05, 0) is 66.9 Å². The Labute approximate surface area is 118 Å². The van der Waals surface area contributed by atoms with Crippen LogP contribution in [-0.2, 0) is 6.54 Å². The number of hydrogen-bond acceptors (Lipinski definition) is 1. The Bertz CT molecular complexity index is 585. The van der Waals surface area contributed by atoms with Crippen LogP contribution < -0.4 is 5.32 Å². The largest absolute Gasteiger partial charge is 0.316 e. The number of nitrogens with one attached hydrogen (secondary N) is 1. The van der Waals surface area contributed by atoms with Crippen LogP contribution >= 0.6 is 11.6 Å². The Kier molecular flexibility index (Phi) is 4.23. The summed E-state index contributed by atoms with van der Waals surface area (Å²) in [5.41, 5.74) is 4.99. The highest BCUT2D eigenvalue weighted by molar-refractivity contribution is 6.31. The molecule has 19 heavy (non-hydrogen) atoms. The Morgan fingerprint density at radius 1 is 1.11 bits per heavy atom. The topological polar surface area (TPSA) is 12.0 Å². The van der Waals surface area contributed by atoms with E-state index in [0.29, 0.717) is 0 Å². The van der Waals surface area contributed by atoms with Gasteiger partial charge in [0, 0.05) is 11.6 Å². The first-order valence-electron chi connectivity index (χ1n) is 6.23. The first kappa shape index (κ1) is 14.0. The van der Waals surface area contributed by atoms with Gasteiger partial charge in [0.2, 0.25) is 0 Å². The summed E-state index contributed by atoms with van der Waals surface area (Å²) < 4.78 is 13.3. The predicted molar refractivity (Wildman–Crippen MR) is 79.1 cm³/mol. The molecule has 2 aromatic rings. The van der Waals surface area contributed by atoms with Crippen molar-refractivity contribution in [3.05, 3.63) is 57.9 Å². The zero-order valence-electron chi connectivity index (χ0n) is 11.3. The number of rotatable bonds is 3. The summed E-state index contributed by atoms with van der Waals surface area (Å²) in [4.78, 5) is 0. The summed E-state index contributed by atoms with van der Waals surface area (Å²) in [6.45, 7) is 4.57. The van der Waals surface area contributed by atoms with Crippen molar-refractivity contribution in [2.45, 2.75) is 20.4 Å². The first-order valence-corrected chi connectivity index (χ1v) is 6.61. The van der Waals surface area contributed by atoms with Gasteiger partial charge in [0.15, 0.2) is 0 Å². The molecule has 0 radical (unpaired) electrons. The molecule has 0 aliphatic rings. The van der Waals surface area contributed by atoms with Crippen molar-refractivity contribution in [3.8, 4) is 11.1 Å². The Morgan fingerprint density at radius 2 is 1.74 bits per heavy atom. The van der Waals surface area contributed by atoms with Crippen LogP contribution in [0.2, 0.25) is 5.02 Å². The van der Waals surface area contributed by atoms with Crippen LogP contribution in [0.25, 0.3) is 11.1 Å². The summed E-state index contributed by atoms with van der Waals surface area (Å²) in [6.07, 6.45) is 0. The van der Waals surface area contributed by atoms with Crippen LogP contribution in [-0.4, -0.2) is 7.05 Å². The van der Waals surface area contributed by atoms with Gasteiger partial charge in [-0.15, -0.1) is 0 Å². The molecule has 0 heterocycles. The maximum absolute atomic E-state index is 13.3. The standard InChI is InChI=1S/C16H17ClFN/c1-10-6-14(18)7-11(2)16(10)12-4-5-13(9-19-3)15(17)8-12/h4-8,19H,9H2,1-3H3. The Morgan fingerprint density at radius 3 is 2.26 bits per heavy atom. The zero-order valence-corrected chi connectivity index (χ0v) is 12.1. The van der Waals surface area contributed by atoms with Gasteiger partial charge in [0.05, 0.1) is 0 Å². The van der Waals surface area contributed by atoms with E-state index in [0.717, 1.165) is 39.4 Å². The molecule has 0 aliphatic heterocycles. The molecule has 0 spiro atoms. The highest BCUT2D eigenvalue weighted by atomic mass is 35.5. The number of aryl methyl sites for hydroxylation is 2. The fourth-order valence-corrected chi connectivity index (χ4v) is 2.65. The molecule has 1 N–H and O–H groups in total. The molecule has 100 valence electrons. The molecule has 0 atom stereocenters. The highest BCUT2D eigenvalue weighted by Gasteiger charge is 2.09. The van der Waals surface area contributed by atoms with Crippen LogP contribution in [0, 0.1) is 19.7 Å². The molecule has 0 saturated carbocycles. The lowest BCUT2D eigenvalue weighted by atomic mass is 9.95. The minimum absolute atomic E-state index is 0.198. The lowest BCUT2D eigenvalue weighted by Crippen LogP contribution is -2.05. The Balaban J connectivity index is 2.51. The predicted octanol–water partition coefficient (Wildman–Crippen LogP) is 4.48. The van der Waals surface area contributed by atoms with Gasteiger partial charge < -0.3 is 5.32 Å². The molecule has 0 aliphatic carbocycles. The normalized spacial score (nSPS) is 10.8. The van der Waals surface area contributed by atoms with E-state index < -0.39 is 0 Å². The maximum Gasteiger partial charge on any atom is 0.123 e. The quantitative estimate of drug-likeness (QED) is 0.872. The molecule has 1 nitrogen and oxygen atoms in total. The maximum atomic E-state index is 13.3. The summed E-state index contributed by atoms with van der Waals surface area (Å²) in [5.74, 6) is -0.198. The van der Waals surface area contributed by atoms with Crippen LogP contribution in [0.1, 0.15) is 16.7 Å². The van der Waals surface area contributed by atoms with Crippen molar-refractivity contribution in [2.75, 3.05) is 7.05 Å². The van der Waals surface area contributed by atoms with E-state index in [-0.39, 0.29) is 5.82 Å². The third kappa shape index (κ3) is 2.96. The molecule has 0 aromatic heterocycles. The van der Waals surface area contributed by atoms with Crippen molar-refractivity contribution in [2.24, 2.45) is 0 Å². The number of benzene rings is 2. The van der Waals surface area contributed by atoms with Crippen molar-refractivity contribution >= 4 is 11.6 Å². The van der Waals surface area contributed by atoms with Crippen LogP contribution in [0.15, 0.2) is 30.3 Å². The lowest BCUT2D eigenvalue weighted by molar-refractivity contribution is 0.625. The van der Waals surface area contributed by atoms with E-state index in [2.05, 4.69) is 5.32 Å². The van der Waals surface area contributed by atoms with Crippen molar-refractivity contribution in [1.29, 1.82) is 0 Å². The second-order valence-corrected chi connectivity index (χ2v) is 5.16. The average molecular weight is 278 g/mol. The fraction of sp³-hybridized carbons (Fsp3) is 0.250. The summed E-state index contributed by atoms with van der Waals surface area (Å²) in [5, 5.41) is 3.81.